The van der Waals surface area contributed by atoms with Gasteiger partial charge < -0.3 is 10.5 Å². The Bertz CT molecular complexity index is 101. The zero-order valence-corrected chi connectivity index (χ0v) is 5.60. The second-order valence-corrected chi connectivity index (χ2v) is 2.24. The second-order valence-electron chi connectivity index (χ2n) is 2.24. The van der Waals surface area contributed by atoms with E-state index in [1.54, 1.807) is 0 Å². The van der Waals surface area contributed by atoms with Gasteiger partial charge in [-0.05, 0) is 25.0 Å². The third kappa shape index (κ3) is 2.16. The van der Waals surface area contributed by atoms with Crippen LogP contribution >= 0.6 is 0 Å². The summed E-state index contributed by atoms with van der Waals surface area (Å²) >= 11 is 0. The number of nitrogens with two attached hydrogens (primary N) is 1. The van der Waals surface area contributed by atoms with E-state index in [0.717, 1.165) is 32.6 Å². The average Bonchev–Trinajstić information content (AvgIpc) is 2.34. The first-order valence-electron chi connectivity index (χ1n) is 3.39. The SMILES string of the molecule is NCC/C=C1/CCOC1. The molecular weight excluding hydrogens is 114 g/mol. The normalized spacial score (nSPS) is 23.4. The molecule has 0 aromatic carbocycles. The summed E-state index contributed by atoms with van der Waals surface area (Å²) in [7, 11) is 0. The van der Waals surface area contributed by atoms with E-state index in [4.69, 9.17) is 10.5 Å². The van der Waals surface area contributed by atoms with Crippen molar-refractivity contribution in [1.82, 2.24) is 0 Å². The fraction of sp³-hybridized carbons (Fsp3) is 0.714. The van der Waals surface area contributed by atoms with Crippen molar-refractivity contribution in [2.75, 3.05) is 19.8 Å². The average molecular weight is 127 g/mol. The predicted octanol–water partition coefficient (Wildman–Crippen LogP) is 0.682. The summed E-state index contributed by atoms with van der Waals surface area (Å²) in [5.41, 5.74) is 6.74. The van der Waals surface area contributed by atoms with E-state index >= 15 is 0 Å². The highest BCUT2D eigenvalue weighted by Crippen LogP contribution is 2.10. The molecule has 0 amide bonds. The van der Waals surface area contributed by atoms with E-state index in [1.165, 1.54) is 5.57 Å². The van der Waals surface area contributed by atoms with Crippen LogP contribution in [0.1, 0.15) is 12.8 Å². The zero-order chi connectivity index (χ0) is 6.53. The Hall–Kier alpha value is -0.340. The molecule has 0 spiro atoms. The number of hydrogen-bond acceptors (Lipinski definition) is 2. The first-order valence-corrected chi connectivity index (χ1v) is 3.39. The molecule has 0 aliphatic carbocycles. The number of ether oxygens (including phenoxy) is 1. The van der Waals surface area contributed by atoms with Crippen LogP contribution in [0.4, 0.5) is 0 Å². The van der Waals surface area contributed by atoms with Crippen LogP contribution in [0.5, 0.6) is 0 Å². The smallest absolute Gasteiger partial charge is 0.0677 e. The topological polar surface area (TPSA) is 35.2 Å². The summed E-state index contributed by atoms with van der Waals surface area (Å²) in [6, 6.07) is 0. The molecule has 2 nitrogen and oxygen atoms in total. The van der Waals surface area contributed by atoms with Crippen LogP contribution in [0.25, 0.3) is 0 Å². The molecule has 2 N–H and O–H groups in total. The van der Waals surface area contributed by atoms with Crippen molar-refractivity contribution in [2.24, 2.45) is 5.73 Å². The molecule has 0 radical (unpaired) electrons. The van der Waals surface area contributed by atoms with Gasteiger partial charge in [0.05, 0.1) is 13.2 Å². The van der Waals surface area contributed by atoms with Crippen molar-refractivity contribution in [3.8, 4) is 0 Å². The molecule has 1 rings (SSSR count). The summed E-state index contributed by atoms with van der Waals surface area (Å²) in [4.78, 5) is 0. The molecule has 1 aliphatic heterocycles. The van der Waals surface area contributed by atoms with Gasteiger partial charge in [0.1, 0.15) is 0 Å². The fourth-order valence-corrected chi connectivity index (χ4v) is 0.927. The summed E-state index contributed by atoms with van der Waals surface area (Å²) < 4.78 is 5.15. The van der Waals surface area contributed by atoms with Gasteiger partial charge in [-0.1, -0.05) is 6.08 Å². The molecule has 1 fully saturated rings. The molecular formula is C7H13NO. The quantitative estimate of drug-likeness (QED) is 0.554. The molecule has 0 aromatic rings. The summed E-state index contributed by atoms with van der Waals surface area (Å²) in [6.45, 7) is 2.49. The molecule has 1 saturated heterocycles. The van der Waals surface area contributed by atoms with Crippen molar-refractivity contribution in [2.45, 2.75) is 12.8 Å². The Labute approximate surface area is 55.7 Å². The maximum Gasteiger partial charge on any atom is 0.0677 e. The zero-order valence-electron chi connectivity index (χ0n) is 5.60. The van der Waals surface area contributed by atoms with E-state index in [-0.39, 0.29) is 0 Å². The molecule has 1 heterocycles. The Morgan fingerprint density at radius 1 is 1.67 bits per heavy atom. The van der Waals surface area contributed by atoms with Crippen molar-refractivity contribution in [3.05, 3.63) is 11.6 Å². The lowest BCUT2D eigenvalue weighted by Crippen LogP contribution is -1.96. The highest BCUT2D eigenvalue weighted by molar-refractivity contribution is 5.05. The van der Waals surface area contributed by atoms with Crippen molar-refractivity contribution >= 4 is 0 Å². The third-order valence-corrected chi connectivity index (χ3v) is 1.45. The van der Waals surface area contributed by atoms with Gasteiger partial charge in [-0.15, -0.1) is 0 Å². The maximum atomic E-state index is 5.32. The van der Waals surface area contributed by atoms with Crippen LogP contribution in [0.3, 0.4) is 0 Å². The molecule has 0 aromatic heterocycles. The minimum absolute atomic E-state index is 0.753. The van der Waals surface area contributed by atoms with Crippen LogP contribution in [-0.4, -0.2) is 19.8 Å². The summed E-state index contributed by atoms with van der Waals surface area (Å²) in [6.07, 6.45) is 4.30. The van der Waals surface area contributed by atoms with E-state index in [2.05, 4.69) is 6.08 Å². The van der Waals surface area contributed by atoms with E-state index in [1.807, 2.05) is 0 Å². The summed E-state index contributed by atoms with van der Waals surface area (Å²) in [5, 5.41) is 0. The standard InChI is InChI=1S/C7H13NO/c8-4-1-2-7-3-5-9-6-7/h2H,1,3-6,8H2/b7-2-. The van der Waals surface area contributed by atoms with Crippen molar-refractivity contribution in [3.63, 3.8) is 0 Å². The molecule has 0 saturated carbocycles. The first-order chi connectivity index (χ1) is 4.43. The molecule has 9 heavy (non-hydrogen) atoms. The van der Waals surface area contributed by atoms with Crippen LogP contribution in [-0.2, 0) is 4.74 Å². The maximum absolute atomic E-state index is 5.32. The number of hydrogen-bond donors (Lipinski definition) is 1. The van der Waals surface area contributed by atoms with Crippen LogP contribution in [0.2, 0.25) is 0 Å². The van der Waals surface area contributed by atoms with Gasteiger partial charge in [0.15, 0.2) is 0 Å². The van der Waals surface area contributed by atoms with E-state index < -0.39 is 0 Å². The molecule has 0 atom stereocenters. The van der Waals surface area contributed by atoms with Gasteiger partial charge in [0.25, 0.3) is 0 Å². The van der Waals surface area contributed by atoms with Crippen LogP contribution in [0.15, 0.2) is 11.6 Å². The predicted molar refractivity (Wildman–Crippen MR) is 37.2 cm³/mol. The lowest BCUT2D eigenvalue weighted by molar-refractivity contribution is 0.204. The first kappa shape index (κ1) is 6.78. The van der Waals surface area contributed by atoms with Gasteiger partial charge in [-0.3, -0.25) is 0 Å². The fourth-order valence-electron chi connectivity index (χ4n) is 0.927. The molecule has 0 bridgehead atoms. The van der Waals surface area contributed by atoms with E-state index in [9.17, 15) is 0 Å². The highest BCUT2D eigenvalue weighted by Gasteiger charge is 2.04. The van der Waals surface area contributed by atoms with Crippen molar-refractivity contribution in [1.29, 1.82) is 0 Å². The van der Waals surface area contributed by atoms with Gasteiger partial charge in [0, 0.05) is 0 Å². The Morgan fingerprint density at radius 2 is 2.56 bits per heavy atom. The van der Waals surface area contributed by atoms with Gasteiger partial charge in [0.2, 0.25) is 0 Å². The van der Waals surface area contributed by atoms with Gasteiger partial charge in [-0.25, -0.2) is 0 Å². The summed E-state index contributed by atoms with van der Waals surface area (Å²) in [5.74, 6) is 0. The molecule has 1 aliphatic rings. The van der Waals surface area contributed by atoms with Crippen molar-refractivity contribution < 1.29 is 4.74 Å². The van der Waals surface area contributed by atoms with Gasteiger partial charge >= 0.3 is 0 Å². The lowest BCUT2D eigenvalue weighted by atomic mass is 10.2. The largest absolute Gasteiger partial charge is 0.377 e. The Kier molecular flexibility index (Phi) is 2.74. The van der Waals surface area contributed by atoms with Crippen LogP contribution < -0.4 is 5.73 Å². The molecule has 2 heteroatoms. The highest BCUT2D eigenvalue weighted by atomic mass is 16.5. The Morgan fingerprint density at radius 3 is 3.11 bits per heavy atom. The van der Waals surface area contributed by atoms with E-state index in [0.29, 0.717) is 0 Å². The number of rotatable bonds is 2. The van der Waals surface area contributed by atoms with Crippen LogP contribution in [0, 0.1) is 0 Å². The molecule has 0 unspecified atom stereocenters. The molecule has 52 valence electrons. The monoisotopic (exact) mass is 127 g/mol. The Balaban J connectivity index is 2.22. The third-order valence-electron chi connectivity index (χ3n) is 1.45. The second kappa shape index (κ2) is 3.64. The van der Waals surface area contributed by atoms with Gasteiger partial charge in [-0.2, -0.15) is 0 Å². The minimum Gasteiger partial charge on any atom is -0.377 e. The lowest BCUT2D eigenvalue weighted by Gasteiger charge is -1.90. The minimum atomic E-state index is 0.753.